The van der Waals surface area contributed by atoms with Crippen molar-refractivity contribution in [1.29, 1.82) is 5.26 Å². The maximum atomic E-state index is 9.29. The molecule has 2 nitrogen and oxygen atoms in total. The average Bonchev–Trinajstić information content (AvgIpc) is 2.91. The zero-order valence-corrected chi connectivity index (χ0v) is 11.4. The molecule has 2 aliphatic carbocycles. The molecule has 1 aromatic rings. The first kappa shape index (κ1) is 12.0. The summed E-state index contributed by atoms with van der Waals surface area (Å²) < 4.78 is 0. The van der Waals surface area contributed by atoms with Gasteiger partial charge >= 0.3 is 0 Å². The maximum Gasteiger partial charge on any atom is 0.114 e. The molecule has 0 atom stereocenters. The second kappa shape index (κ2) is 5.32. The van der Waals surface area contributed by atoms with E-state index >= 15 is 0 Å². The Bertz CT molecular complexity index is 484. The van der Waals surface area contributed by atoms with E-state index in [1.54, 1.807) is 0 Å². The van der Waals surface area contributed by atoms with Crippen molar-refractivity contribution >= 4 is 11.8 Å². The SMILES string of the molecule is N#Cc1cc2c(nc1SC1CCCC1)CCCC2. The Labute approximate surface area is 113 Å². The molecule has 1 heterocycles. The number of fused-ring (bicyclic) bond motifs is 1. The highest BCUT2D eigenvalue weighted by molar-refractivity contribution is 7.99. The van der Waals surface area contributed by atoms with Crippen molar-refractivity contribution in [2.45, 2.75) is 61.6 Å². The molecule has 0 N–H and O–H groups in total. The lowest BCUT2D eigenvalue weighted by atomic mass is 9.95. The maximum absolute atomic E-state index is 9.29. The molecule has 1 fully saturated rings. The number of aromatic nitrogens is 1. The third-order valence-corrected chi connectivity index (χ3v) is 5.31. The molecule has 2 aliphatic rings. The summed E-state index contributed by atoms with van der Waals surface area (Å²) in [6.07, 6.45) is 9.94. The summed E-state index contributed by atoms with van der Waals surface area (Å²) in [5.74, 6) is 0. The Balaban J connectivity index is 1.89. The van der Waals surface area contributed by atoms with Gasteiger partial charge in [-0.2, -0.15) is 5.26 Å². The van der Waals surface area contributed by atoms with Crippen LogP contribution >= 0.6 is 11.8 Å². The van der Waals surface area contributed by atoms with E-state index in [0.29, 0.717) is 5.25 Å². The number of rotatable bonds is 2. The molecule has 1 aromatic heterocycles. The van der Waals surface area contributed by atoms with E-state index in [4.69, 9.17) is 4.98 Å². The summed E-state index contributed by atoms with van der Waals surface area (Å²) in [4.78, 5) is 4.79. The van der Waals surface area contributed by atoms with E-state index in [1.165, 1.54) is 49.8 Å². The van der Waals surface area contributed by atoms with Crippen LogP contribution < -0.4 is 0 Å². The summed E-state index contributed by atoms with van der Waals surface area (Å²) in [6, 6.07) is 4.43. The van der Waals surface area contributed by atoms with Crippen molar-refractivity contribution in [2.75, 3.05) is 0 Å². The van der Waals surface area contributed by atoms with E-state index < -0.39 is 0 Å². The minimum atomic E-state index is 0.686. The third kappa shape index (κ3) is 2.40. The van der Waals surface area contributed by atoms with Gasteiger partial charge in [-0.15, -0.1) is 11.8 Å². The summed E-state index contributed by atoms with van der Waals surface area (Å²) in [7, 11) is 0. The summed E-state index contributed by atoms with van der Waals surface area (Å²) >= 11 is 1.84. The zero-order chi connectivity index (χ0) is 12.4. The van der Waals surface area contributed by atoms with Gasteiger partial charge < -0.3 is 0 Å². The lowest BCUT2D eigenvalue weighted by Crippen LogP contribution is -2.08. The van der Waals surface area contributed by atoms with Gasteiger partial charge in [0.05, 0.1) is 5.56 Å². The lowest BCUT2D eigenvalue weighted by Gasteiger charge is -2.17. The molecule has 0 unspecified atom stereocenters. The topological polar surface area (TPSA) is 36.7 Å². The van der Waals surface area contributed by atoms with Crippen molar-refractivity contribution < 1.29 is 0 Å². The van der Waals surface area contributed by atoms with Gasteiger partial charge in [0, 0.05) is 10.9 Å². The molecular weight excluding hydrogens is 240 g/mol. The van der Waals surface area contributed by atoms with E-state index in [1.807, 2.05) is 11.8 Å². The third-order valence-electron chi connectivity index (χ3n) is 3.97. The molecule has 0 saturated heterocycles. The Morgan fingerprint density at radius 1 is 1.17 bits per heavy atom. The number of nitriles is 1. The standard InChI is InChI=1S/C15H18N2S/c16-10-12-9-11-5-1-4-8-14(11)17-15(12)18-13-6-2-3-7-13/h9,13H,1-8H2. The van der Waals surface area contributed by atoms with Crippen molar-refractivity contribution in [3.8, 4) is 6.07 Å². The van der Waals surface area contributed by atoms with Crippen LogP contribution in [0.15, 0.2) is 11.1 Å². The van der Waals surface area contributed by atoms with Crippen LogP contribution in [0.1, 0.15) is 55.3 Å². The van der Waals surface area contributed by atoms with Gasteiger partial charge in [0.2, 0.25) is 0 Å². The predicted molar refractivity (Wildman–Crippen MR) is 73.7 cm³/mol. The highest BCUT2D eigenvalue weighted by Crippen LogP contribution is 2.36. The number of hydrogen-bond donors (Lipinski definition) is 0. The highest BCUT2D eigenvalue weighted by Gasteiger charge is 2.21. The van der Waals surface area contributed by atoms with Crippen molar-refractivity contribution in [1.82, 2.24) is 4.98 Å². The minimum Gasteiger partial charge on any atom is -0.245 e. The van der Waals surface area contributed by atoms with Gasteiger partial charge in [-0.05, 0) is 50.2 Å². The van der Waals surface area contributed by atoms with Crippen LogP contribution in [-0.4, -0.2) is 10.2 Å². The van der Waals surface area contributed by atoms with Gasteiger partial charge in [0.25, 0.3) is 0 Å². The van der Waals surface area contributed by atoms with Crippen LogP contribution in [0.4, 0.5) is 0 Å². The average molecular weight is 258 g/mol. The second-order valence-corrected chi connectivity index (χ2v) is 6.58. The van der Waals surface area contributed by atoms with Crippen LogP contribution in [0, 0.1) is 11.3 Å². The van der Waals surface area contributed by atoms with Crippen molar-refractivity contribution in [2.24, 2.45) is 0 Å². The second-order valence-electron chi connectivity index (χ2n) is 5.29. The normalized spacial score (nSPS) is 19.5. The summed E-state index contributed by atoms with van der Waals surface area (Å²) in [6.45, 7) is 0. The van der Waals surface area contributed by atoms with Crippen LogP contribution in [0.5, 0.6) is 0 Å². The van der Waals surface area contributed by atoms with Gasteiger partial charge in [0.15, 0.2) is 0 Å². The van der Waals surface area contributed by atoms with Crippen molar-refractivity contribution in [3.63, 3.8) is 0 Å². The van der Waals surface area contributed by atoms with Crippen LogP contribution in [-0.2, 0) is 12.8 Å². The molecule has 0 spiro atoms. The van der Waals surface area contributed by atoms with Crippen LogP contribution in [0.25, 0.3) is 0 Å². The van der Waals surface area contributed by atoms with Crippen molar-refractivity contribution in [3.05, 3.63) is 22.9 Å². The first-order chi connectivity index (χ1) is 8.86. The molecule has 0 amide bonds. The van der Waals surface area contributed by atoms with E-state index in [-0.39, 0.29) is 0 Å². The Hall–Kier alpha value is -1.01. The molecule has 1 saturated carbocycles. The fourth-order valence-electron chi connectivity index (χ4n) is 2.95. The van der Waals surface area contributed by atoms with Crippen LogP contribution in [0.2, 0.25) is 0 Å². The number of thioether (sulfide) groups is 1. The quantitative estimate of drug-likeness (QED) is 0.808. The number of hydrogen-bond acceptors (Lipinski definition) is 3. The van der Waals surface area contributed by atoms with Gasteiger partial charge in [-0.1, -0.05) is 12.8 Å². The summed E-state index contributed by atoms with van der Waals surface area (Å²) in [5.41, 5.74) is 3.36. The molecule has 0 aromatic carbocycles. The molecule has 3 rings (SSSR count). The number of nitrogens with zero attached hydrogens (tertiary/aromatic N) is 2. The van der Waals surface area contributed by atoms with Gasteiger partial charge in [-0.3, -0.25) is 0 Å². The first-order valence-corrected chi connectivity index (χ1v) is 7.84. The molecule has 0 aliphatic heterocycles. The fourth-order valence-corrected chi connectivity index (χ4v) is 4.23. The zero-order valence-electron chi connectivity index (χ0n) is 10.6. The van der Waals surface area contributed by atoms with Gasteiger partial charge in [-0.25, -0.2) is 4.98 Å². The Morgan fingerprint density at radius 2 is 1.94 bits per heavy atom. The van der Waals surface area contributed by atoms with E-state index in [2.05, 4.69) is 12.1 Å². The molecule has 94 valence electrons. The molecule has 3 heteroatoms. The predicted octanol–water partition coefficient (Wildman–Crippen LogP) is 3.87. The van der Waals surface area contributed by atoms with Crippen LogP contribution in [0.3, 0.4) is 0 Å². The lowest BCUT2D eigenvalue weighted by molar-refractivity contribution is 0.659. The highest BCUT2D eigenvalue weighted by atomic mass is 32.2. The van der Waals surface area contributed by atoms with E-state index in [9.17, 15) is 5.26 Å². The van der Waals surface area contributed by atoms with E-state index in [0.717, 1.165) is 23.4 Å². The first-order valence-electron chi connectivity index (χ1n) is 6.96. The number of aryl methyl sites for hydroxylation is 2. The summed E-state index contributed by atoms with van der Waals surface area (Å²) in [5, 5.41) is 11.0. The molecule has 18 heavy (non-hydrogen) atoms. The molecule has 0 bridgehead atoms. The molecule has 0 radical (unpaired) electrons. The Morgan fingerprint density at radius 3 is 2.72 bits per heavy atom. The largest absolute Gasteiger partial charge is 0.245 e. The number of pyridine rings is 1. The minimum absolute atomic E-state index is 0.686. The Kier molecular flexibility index (Phi) is 3.56. The monoisotopic (exact) mass is 258 g/mol. The van der Waals surface area contributed by atoms with Gasteiger partial charge in [0.1, 0.15) is 11.1 Å². The fraction of sp³-hybridized carbons (Fsp3) is 0.600. The smallest absolute Gasteiger partial charge is 0.114 e. The molecular formula is C15H18N2S.